The Hall–Kier alpha value is -1.01. The van der Waals surface area contributed by atoms with Crippen molar-refractivity contribution in [1.29, 1.82) is 0 Å². The highest BCUT2D eigenvalue weighted by atomic mass is 16.5. The van der Waals surface area contributed by atoms with Crippen LogP contribution in [-0.2, 0) is 9.53 Å². The van der Waals surface area contributed by atoms with E-state index in [0.717, 1.165) is 37.9 Å². The first kappa shape index (κ1) is 11.5. The molecule has 1 unspecified atom stereocenters. The third-order valence-corrected chi connectivity index (χ3v) is 3.62. The van der Waals surface area contributed by atoms with Gasteiger partial charge in [-0.1, -0.05) is 0 Å². The molecule has 16 heavy (non-hydrogen) atoms. The summed E-state index contributed by atoms with van der Waals surface area (Å²) in [5.41, 5.74) is 0. The minimum absolute atomic E-state index is 0.0756. The van der Waals surface area contributed by atoms with Gasteiger partial charge >= 0.3 is 5.97 Å². The quantitative estimate of drug-likeness (QED) is 0.515. The van der Waals surface area contributed by atoms with Gasteiger partial charge in [-0.05, 0) is 31.7 Å². The zero-order valence-corrected chi connectivity index (χ0v) is 9.82. The van der Waals surface area contributed by atoms with Crippen LogP contribution in [0.5, 0.6) is 0 Å². The minimum atomic E-state index is -0.0756. The summed E-state index contributed by atoms with van der Waals surface area (Å²) < 4.78 is 4.89. The van der Waals surface area contributed by atoms with Gasteiger partial charge in [0.1, 0.15) is 0 Å². The van der Waals surface area contributed by atoms with Crippen molar-refractivity contribution < 1.29 is 9.53 Å². The Morgan fingerprint density at radius 2 is 2.19 bits per heavy atom. The summed E-state index contributed by atoms with van der Waals surface area (Å²) in [6, 6.07) is 0. The largest absolute Gasteiger partial charge is 0.466 e. The fourth-order valence-corrected chi connectivity index (χ4v) is 2.72. The van der Waals surface area contributed by atoms with Crippen molar-refractivity contribution in [2.75, 3.05) is 26.2 Å². The molecule has 1 heterocycles. The fraction of sp³-hybridized carbons (Fsp3) is 0.769. The average Bonchev–Trinajstić information content (AvgIpc) is 2.73. The van der Waals surface area contributed by atoms with Crippen molar-refractivity contribution in [1.82, 2.24) is 4.90 Å². The third-order valence-electron chi connectivity index (χ3n) is 3.62. The van der Waals surface area contributed by atoms with E-state index < -0.39 is 0 Å². The summed E-state index contributed by atoms with van der Waals surface area (Å²) >= 11 is 0. The van der Waals surface area contributed by atoms with Gasteiger partial charge in [-0.3, -0.25) is 4.79 Å². The Bertz CT molecular complexity index is 296. The van der Waals surface area contributed by atoms with Gasteiger partial charge in [-0.2, -0.15) is 0 Å². The summed E-state index contributed by atoms with van der Waals surface area (Å²) in [5.74, 6) is 4.81. The van der Waals surface area contributed by atoms with Gasteiger partial charge in [0.05, 0.1) is 6.61 Å². The van der Waals surface area contributed by atoms with E-state index in [4.69, 9.17) is 11.2 Å². The summed E-state index contributed by atoms with van der Waals surface area (Å²) in [4.78, 5) is 13.5. The van der Waals surface area contributed by atoms with E-state index >= 15 is 0 Å². The van der Waals surface area contributed by atoms with E-state index in [2.05, 4.69) is 10.8 Å². The van der Waals surface area contributed by atoms with Crippen LogP contribution in [0.25, 0.3) is 0 Å². The number of rotatable bonds is 5. The number of carbonyl (C=O) groups excluding carboxylic acids is 1. The molecule has 3 nitrogen and oxygen atoms in total. The van der Waals surface area contributed by atoms with Crippen molar-refractivity contribution >= 4 is 5.97 Å². The molecule has 0 radical (unpaired) electrons. The van der Waals surface area contributed by atoms with Gasteiger partial charge in [-0.15, -0.1) is 12.3 Å². The number of likely N-dealkylation sites (tertiary alicyclic amines) is 1. The summed E-state index contributed by atoms with van der Waals surface area (Å²) in [6.07, 6.45) is 6.85. The van der Waals surface area contributed by atoms with E-state index in [1.807, 2.05) is 6.92 Å². The molecule has 0 aromatic rings. The molecule has 0 aromatic heterocycles. The minimum Gasteiger partial charge on any atom is -0.466 e. The number of ether oxygens (including phenoxy) is 1. The number of piperidine rings is 1. The maximum Gasteiger partial charge on any atom is 0.305 e. The topological polar surface area (TPSA) is 29.5 Å². The molecule has 3 heteroatoms. The highest BCUT2D eigenvalue weighted by Crippen LogP contribution is 2.51. The first-order valence-electron chi connectivity index (χ1n) is 6.10. The number of esters is 1. The number of fused-ring (bicyclic) bond motifs is 1. The third kappa shape index (κ3) is 2.38. The maximum absolute atomic E-state index is 11.1. The molecule has 0 amide bonds. The average molecular weight is 221 g/mol. The van der Waals surface area contributed by atoms with Crippen molar-refractivity contribution in [3.63, 3.8) is 0 Å². The summed E-state index contributed by atoms with van der Waals surface area (Å²) in [7, 11) is 0. The lowest BCUT2D eigenvalue weighted by Gasteiger charge is -2.17. The van der Waals surface area contributed by atoms with E-state index in [0.29, 0.717) is 18.9 Å². The zero-order chi connectivity index (χ0) is 11.5. The molecule has 1 saturated carbocycles. The van der Waals surface area contributed by atoms with E-state index in [9.17, 15) is 4.79 Å². The molecule has 0 aromatic carbocycles. The highest BCUT2D eigenvalue weighted by Gasteiger charge is 2.54. The molecular formula is C13H19NO2. The van der Waals surface area contributed by atoms with Gasteiger partial charge in [-0.25, -0.2) is 0 Å². The fourth-order valence-electron chi connectivity index (χ4n) is 2.72. The SMILES string of the molecule is C#CC1[C@H]2CN(CCCC(=O)OCC)C[C@@H]12. The number of nitrogens with zero attached hydrogens (tertiary/aromatic N) is 1. The summed E-state index contributed by atoms with van der Waals surface area (Å²) in [6.45, 7) is 5.58. The molecule has 2 aliphatic rings. The van der Waals surface area contributed by atoms with Gasteiger partial charge < -0.3 is 9.64 Å². The predicted octanol–water partition coefficient (Wildman–Crippen LogP) is 1.14. The van der Waals surface area contributed by atoms with E-state index in [-0.39, 0.29) is 5.97 Å². The van der Waals surface area contributed by atoms with Crippen LogP contribution < -0.4 is 0 Å². The molecular weight excluding hydrogens is 202 g/mol. The Kier molecular flexibility index (Phi) is 3.50. The molecule has 2 fully saturated rings. The lowest BCUT2D eigenvalue weighted by molar-refractivity contribution is -0.143. The zero-order valence-electron chi connectivity index (χ0n) is 9.82. The smallest absolute Gasteiger partial charge is 0.305 e. The molecule has 3 atom stereocenters. The van der Waals surface area contributed by atoms with Crippen molar-refractivity contribution in [3.05, 3.63) is 0 Å². The Balaban J connectivity index is 1.57. The number of terminal acetylenes is 1. The molecule has 2 rings (SSSR count). The van der Waals surface area contributed by atoms with Crippen LogP contribution >= 0.6 is 0 Å². The monoisotopic (exact) mass is 221 g/mol. The second-order valence-corrected chi connectivity index (χ2v) is 4.69. The van der Waals surface area contributed by atoms with Gasteiger partial charge in [0.15, 0.2) is 0 Å². The Morgan fingerprint density at radius 1 is 1.50 bits per heavy atom. The first-order valence-corrected chi connectivity index (χ1v) is 6.10. The van der Waals surface area contributed by atoms with Crippen molar-refractivity contribution in [3.8, 4) is 12.3 Å². The lowest BCUT2D eigenvalue weighted by atomic mass is 10.2. The van der Waals surface area contributed by atoms with Gasteiger partial charge in [0.25, 0.3) is 0 Å². The van der Waals surface area contributed by atoms with Crippen LogP contribution in [0.1, 0.15) is 19.8 Å². The predicted molar refractivity (Wildman–Crippen MR) is 61.6 cm³/mol. The lowest BCUT2D eigenvalue weighted by Crippen LogP contribution is -2.26. The Morgan fingerprint density at radius 3 is 2.75 bits per heavy atom. The maximum atomic E-state index is 11.1. The van der Waals surface area contributed by atoms with Crippen LogP contribution in [0, 0.1) is 30.1 Å². The van der Waals surface area contributed by atoms with Crippen molar-refractivity contribution in [2.45, 2.75) is 19.8 Å². The van der Waals surface area contributed by atoms with Gasteiger partial charge in [0.2, 0.25) is 0 Å². The second-order valence-electron chi connectivity index (χ2n) is 4.69. The van der Waals surface area contributed by atoms with Gasteiger partial charge in [0, 0.05) is 25.4 Å². The molecule has 0 bridgehead atoms. The second kappa shape index (κ2) is 4.88. The van der Waals surface area contributed by atoms with Crippen molar-refractivity contribution in [2.24, 2.45) is 17.8 Å². The van der Waals surface area contributed by atoms with Crippen LogP contribution in [0.2, 0.25) is 0 Å². The normalized spacial score (nSPS) is 31.9. The number of hydrogen-bond acceptors (Lipinski definition) is 3. The van der Waals surface area contributed by atoms with Crippen LogP contribution in [0.4, 0.5) is 0 Å². The standard InChI is InChI=1S/C13H19NO2/c1-3-10-11-8-14(9-12(10)11)7-5-6-13(15)16-4-2/h1,10-12H,4-9H2,2H3/t10?,11-,12+. The van der Waals surface area contributed by atoms with Crippen LogP contribution in [0.3, 0.4) is 0 Å². The molecule has 1 saturated heterocycles. The highest BCUT2D eigenvalue weighted by molar-refractivity contribution is 5.69. The number of hydrogen-bond donors (Lipinski definition) is 0. The van der Waals surface area contributed by atoms with Crippen LogP contribution in [-0.4, -0.2) is 37.1 Å². The first-order chi connectivity index (χ1) is 7.76. The molecule has 0 spiro atoms. The summed E-state index contributed by atoms with van der Waals surface area (Å²) in [5, 5.41) is 0. The molecule has 1 aliphatic carbocycles. The number of carbonyl (C=O) groups is 1. The van der Waals surface area contributed by atoms with E-state index in [1.54, 1.807) is 0 Å². The van der Waals surface area contributed by atoms with E-state index in [1.165, 1.54) is 0 Å². The Labute approximate surface area is 97.1 Å². The molecule has 88 valence electrons. The molecule has 1 aliphatic heterocycles. The molecule has 0 N–H and O–H groups in total. The van der Waals surface area contributed by atoms with Crippen LogP contribution in [0.15, 0.2) is 0 Å².